The minimum absolute atomic E-state index is 0.0415. The molecule has 2 atom stereocenters. The fraction of sp³-hybridized carbons (Fsp3) is 0.414. The normalized spacial score (nSPS) is 22.0. The summed E-state index contributed by atoms with van der Waals surface area (Å²) in [7, 11) is 0. The Morgan fingerprint density at radius 3 is 2.64 bits per heavy atom. The average molecular weight is 602 g/mol. The predicted octanol–water partition coefficient (Wildman–Crippen LogP) is 4.47. The van der Waals surface area contributed by atoms with Gasteiger partial charge in [0.2, 0.25) is 0 Å². The second-order valence-electron chi connectivity index (χ2n) is 11.0. The quantitative estimate of drug-likeness (QED) is 0.344. The summed E-state index contributed by atoms with van der Waals surface area (Å²) in [6.07, 6.45) is 2.53. The average Bonchev–Trinajstić information content (AvgIpc) is 3.39. The van der Waals surface area contributed by atoms with Crippen LogP contribution in [0.3, 0.4) is 0 Å². The van der Waals surface area contributed by atoms with Crippen molar-refractivity contribution in [1.82, 2.24) is 14.9 Å². The van der Waals surface area contributed by atoms with Crippen molar-refractivity contribution in [2.45, 2.75) is 19.1 Å². The molecule has 0 radical (unpaired) electrons. The molecule has 10 nitrogen and oxygen atoms in total. The molecule has 0 unspecified atom stereocenters. The number of carbonyl (C=O) groups is 1. The summed E-state index contributed by atoms with van der Waals surface area (Å²) < 4.78 is 51.6. The molecule has 0 aliphatic carbocycles. The second-order valence-corrected chi connectivity index (χ2v) is 11.4. The van der Waals surface area contributed by atoms with Gasteiger partial charge in [-0.15, -0.1) is 0 Å². The largest absolute Gasteiger partial charge is 0.491 e. The van der Waals surface area contributed by atoms with E-state index in [1.54, 1.807) is 12.1 Å². The molecule has 222 valence electrons. The number of aromatic nitrogens is 2. The van der Waals surface area contributed by atoms with Crippen LogP contribution in [0.15, 0.2) is 48.6 Å². The zero-order valence-electron chi connectivity index (χ0n) is 22.9. The van der Waals surface area contributed by atoms with Gasteiger partial charge in [0.05, 0.1) is 61.5 Å². The van der Waals surface area contributed by atoms with Crippen molar-refractivity contribution in [1.29, 1.82) is 0 Å². The predicted molar refractivity (Wildman–Crippen MR) is 152 cm³/mol. The Morgan fingerprint density at radius 2 is 1.95 bits per heavy atom. The lowest BCUT2D eigenvalue weighted by Crippen LogP contribution is -2.44. The fourth-order valence-electron chi connectivity index (χ4n) is 5.07. The van der Waals surface area contributed by atoms with Crippen molar-refractivity contribution >= 4 is 45.6 Å². The first kappa shape index (κ1) is 28.7. The lowest BCUT2D eigenvalue weighted by Gasteiger charge is -2.37. The van der Waals surface area contributed by atoms with E-state index in [4.69, 9.17) is 30.5 Å². The van der Waals surface area contributed by atoms with Crippen LogP contribution in [-0.4, -0.2) is 85.7 Å². The van der Waals surface area contributed by atoms with Gasteiger partial charge in [0.15, 0.2) is 5.83 Å². The van der Waals surface area contributed by atoms with Crippen molar-refractivity contribution < 1.29 is 32.5 Å². The molecular weight excluding hydrogens is 572 g/mol. The number of fused-ring (bicyclic) bond motifs is 2. The topological polar surface area (TPSA) is 107 Å². The maximum atomic E-state index is 15.1. The molecule has 0 spiro atoms. The number of ether oxygens (including phenoxy) is 4. The monoisotopic (exact) mass is 601 g/mol. The number of hydrogen-bond acceptors (Lipinski definition) is 9. The van der Waals surface area contributed by atoms with Crippen LogP contribution in [0, 0.1) is 11.2 Å². The number of nitrogens with zero attached hydrogens (tertiary/aromatic N) is 3. The van der Waals surface area contributed by atoms with Gasteiger partial charge in [-0.05, 0) is 30.3 Å². The molecule has 0 bridgehead atoms. The number of hydrogen-bond donors (Lipinski definition) is 2. The molecule has 13 heteroatoms. The molecule has 4 heterocycles. The third kappa shape index (κ3) is 6.32. The molecular formula is C29H30ClF2N5O5. The Balaban J connectivity index is 1.24. The van der Waals surface area contributed by atoms with Gasteiger partial charge in [-0.1, -0.05) is 18.5 Å². The summed E-state index contributed by atoms with van der Waals surface area (Å²) in [6.45, 7) is 5.99. The molecule has 3 aromatic rings. The van der Waals surface area contributed by atoms with Crippen LogP contribution in [0.25, 0.3) is 10.9 Å². The van der Waals surface area contributed by atoms with Gasteiger partial charge in [0.1, 0.15) is 23.7 Å². The first-order valence-electron chi connectivity index (χ1n) is 13.6. The van der Waals surface area contributed by atoms with Crippen LogP contribution < -0.4 is 15.4 Å². The number of carbonyl (C=O) groups excluding carboxylic acids is 1. The fourth-order valence-corrected chi connectivity index (χ4v) is 5.25. The Labute approximate surface area is 245 Å². The zero-order valence-corrected chi connectivity index (χ0v) is 23.6. The lowest BCUT2D eigenvalue weighted by molar-refractivity contribution is -0.120. The van der Waals surface area contributed by atoms with Gasteiger partial charge in [-0.3, -0.25) is 9.69 Å². The Kier molecular flexibility index (Phi) is 8.24. The van der Waals surface area contributed by atoms with Crippen LogP contribution in [0.5, 0.6) is 5.75 Å². The molecule has 0 saturated carbocycles. The van der Waals surface area contributed by atoms with Crippen LogP contribution in [0.4, 0.5) is 26.0 Å². The standard InChI is InChI=1S/C29H30ClF2N5O5/c1-29(13-39-14-29)15-42-24-10-22-18(27(34-16-33-22)35-17-2-3-20(31)19(30)8-17)9-23(24)36-28(38)21(32)4-5-37-11-25-26(12-37)41-7-6-40-25/h2-4,8-10,16,25-26H,5-7,11-15H2,1H3,(H,36,38)(H,33,34,35)/b21-4-/t25-,26-/m0/s1. The van der Waals surface area contributed by atoms with E-state index in [0.717, 1.165) is 0 Å². The van der Waals surface area contributed by atoms with Crippen molar-refractivity contribution in [3.63, 3.8) is 0 Å². The summed E-state index contributed by atoms with van der Waals surface area (Å²) in [4.78, 5) is 23.6. The maximum absolute atomic E-state index is 15.1. The van der Waals surface area contributed by atoms with Gasteiger partial charge in [-0.25, -0.2) is 18.7 Å². The van der Waals surface area contributed by atoms with E-state index in [-0.39, 0.29) is 34.9 Å². The van der Waals surface area contributed by atoms with E-state index < -0.39 is 17.6 Å². The molecule has 3 aliphatic rings. The molecule has 1 amide bonds. The minimum atomic E-state index is -0.930. The number of likely N-dealkylation sites (tertiary alicyclic amines) is 1. The molecule has 3 fully saturated rings. The molecule has 42 heavy (non-hydrogen) atoms. The number of anilines is 3. The summed E-state index contributed by atoms with van der Waals surface area (Å²) >= 11 is 5.94. The molecule has 6 rings (SSSR count). The molecule has 2 aromatic carbocycles. The van der Waals surface area contributed by atoms with Gasteiger partial charge in [-0.2, -0.15) is 0 Å². The summed E-state index contributed by atoms with van der Waals surface area (Å²) in [5.74, 6) is -1.70. The van der Waals surface area contributed by atoms with Crippen LogP contribution in [-0.2, 0) is 19.0 Å². The smallest absolute Gasteiger partial charge is 0.284 e. The zero-order chi connectivity index (χ0) is 29.3. The molecule has 3 aliphatic heterocycles. The number of amides is 1. The van der Waals surface area contributed by atoms with Gasteiger partial charge >= 0.3 is 0 Å². The number of benzene rings is 2. The van der Waals surface area contributed by atoms with Crippen molar-refractivity contribution in [2.75, 3.05) is 63.3 Å². The Morgan fingerprint density at radius 1 is 1.19 bits per heavy atom. The highest BCUT2D eigenvalue weighted by Gasteiger charge is 2.36. The summed E-state index contributed by atoms with van der Waals surface area (Å²) in [5.41, 5.74) is 1.07. The van der Waals surface area contributed by atoms with Crippen LogP contribution in [0.1, 0.15) is 6.92 Å². The maximum Gasteiger partial charge on any atom is 0.284 e. The van der Waals surface area contributed by atoms with Crippen molar-refractivity contribution in [2.24, 2.45) is 5.41 Å². The highest BCUT2D eigenvalue weighted by atomic mass is 35.5. The van der Waals surface area contributed by atoms with E-state index in [9.17, 15) is 9.18 Å². The molecule has 1 aromatic heterocycles. The van der Waals surface area contributed by atoms with Gasteiger partial charge in [0.25, 0.3) is 5.91 Å². The van der Waals surface area contributed by atoms with Crippen LogP contribution >= 0.6 is 11.6 Å². The Bertz CT molecular complexity index is 1510. The van der Waals surface area contributed by atoms with Crippen molar-refractivity contribution in [3.8, 4) is 5.75 Å². The summed E-state index contributed by atoms with van der Waals surface area (Å²) in [5, 5.41) is 6.21. The SMILES string of the molecule is CC1(COc2cc3ncnc(Nc4ccc(F)c(Cl)c4)c3cc2NC(=O)/C(F)=C/CN2C[C@@H]3OCCO[C@H]3C2)COC1. The Hall–Kier alpha value is -3.42. The van der Waals surface area contributed by atoms with E-state index >= 15 is 4.39 Å². The number of halogens is 3. The van der Waals surface area contributed by atoms with E-state index in [0.29, 0.717) is 74.3 Å². The number of rotatable bonds is 9. The highest BCUT2D eigenvalue weighted by molar-refractivity contribution is 6.31. The first-order valence-corrected chi connectivity index (χ1v) is 14.0. The molecule has 2 N–H and O–H groups in total. The second kappa shape index (κ2) is 12.1. The number of nitrogens with one attached hydrogen (secondary N) is 2. The van der Waals surface area contributed by atoms with Crippen molar-refractivity contribution in [3.05, 3.63) is 59.4 Å². The highest BCUT2D eigenvalue weighted by Crippen LogP contribution is 2.36. The van der Waals surface area contributed by atoms with E-state index in [1.165, 1.54) is 30.6 Å². The minimum Gasteiger partial charge on any atom is -0.491 e. The third-order valence-electron chi connectivity index (χ3n) is 7.43. The van der Waals surface area contributed by atoms with Gasteiger partial charge in [0, 0.05) is 42.2 Å². The lowest BCUT2D eigenvalue weighted by atomic mass is 9.90. The van der Waals surface area contributed by atoms with Crippen LogP contribution in [0.2, 0.25) is 5.02 Å². The van der Waals surface area contributed by atoms with E-state index in [2.05, 4.69) is 20.6 Å². The first-order chi connectivity index (χ1) is 20.3. The summed E-state index contributed by atoms with van der Waals surface area (Å²) in [6, 6.07) is 7.46. The third-order valence-corrected chi connectivity index (χ3v) is 7.72. The van der Waals surface area contributed by atoms with E-state index in [1.807, 2.05) is 11.8 Å². The molecule has 3 saturated heterocycles. The van der Waals surface area contributed by atoms with Gasteiger partial charge < -0.3 is 29.6 Å².